The molecule has 0 atom stereocenters. The number of phenols is 1. The molecule has 0 aliphatic carbocycles. The van der Waals surface area contributed by atoms with Crippen molar-refractivity contribution in [1.29, 1.82) is 0 Å². The van der Waals surface area contributed by atoms with E-state index >= 15 is 0 Å². The fraction of sp³-hybridized carbons (Fsp3) is 0.632. The largest absolute Gasteiger partial charge is 0.504 e. The van der Waals surface area contributed by atoms with Crippen molar-refractivity contribution in [2.24, 2.45) is 10.8 Å². The average molecular weight is 308 g/mol. The van der Waals surface area contributed by atoms with Gasteiger partial charge in [0, 0.05) is 6.92 Å². The summed E-state index contributed by atoms with van der Waals surface area (Å²) in [6.07, 6.45) is 2.13. The predicted molar refractivity (Wildman–Crippen MR) is 92.3 cm³/mol. The molecule has 1 aromatic carbocycles. The highest BCUT2D eigenvalue weighted by Crippen LogP contribution is 2.30. The number of carbonyl (C=O) groups excluding carboxylic acids is 1. The van der Waals surface area contributed by atoms with Crippen LogP contribution in [0.3, 0.4) is 0 Å². The minimum absolute atomic E-state index is 0.00661. The summed E-state index contributed by atoms with van der Waals surface area (Å²) in [7, 11) is 0. The lowest BCUT2D eigenvalue weighted by atomic mass is 9.88. The second-order valence-corrected chi connectivity index (χ2v) is 8.05. The molecule has 0 heterocycles. The third-order valence-corrected chi connectivity index (χ3v) is 3.07. The Morgan fingerprint density at radius 3 is 1.95 bits per heavy atom. The molecule has 0 radical (unpaired) electrons. The molecule has 0 bridgehead atoms. The van der Waals surface area contributed by atoms with Crippen LogP contribution >= 0.6 is 0 Å². The van der Waals surface area contributed by atoms with Crippen molar-refractivity contribution in [3.8, 4) is 11.5 Å². The van der Waals surface area contributed by atoms with Gasteiger partial charge in [-0.3, -0.25) is 4.79 Å². The molecule has 3 heteroatoms. The number of phenolic OH excluding ortho intramolecular Hbond substituents is 1. The Kier molecular flexibility index (Phi) is 7.65. The van der Waals surface area contributed by atoms with Gasteiger partial charge in [-0.05, 0) is 34.9 Å². The molecule has 1 aromatic rings. The van der Waals surface area contributed by atoms with E-state index in [0.717, 1.165) is 12.0 Å². The van der Waals surface area contributed by atoms with Crippen molar-refractivity contribution < 1.29 is 14.6 Å². The smallest absolute Gasteiger partial charge is 0.308 e. The van der Waals surface area contributed by atoms with Gasteiger partial charge in [-0.15, -0.1) is 0 Å². The molecule has 0 saturated heterocycles. The maximum Gasteiger partial charge on any atom is 0.308 e. The van der Waals surface area contributed by atoms with Gasteiger partial charge in [-0.25, -0.2) is 0 Å². The Bertz CT molecular complexity index is 476. The zero-order valence-corrected chi connectivity index (χ0v) is 15.4. The van der Waals surface area contributed by atoms with Crippen molar-refractivity contribution in [3.63, 3.8) is 0 Å². The molecule has 0 saturated carbocycles. The standard InChI is InChI=1S/C13H18O3.C6H14/c1-9(14)16-12-7-10(5-6-11(12)15)8-13(2,3)4;1-5-6(2,3)4/h5-7,15H,8H2,1-4H3;5H2,1-4H3. The molecule has 0 aromatic heterocycles. The summed E-state index contributed by atoms with van der Waals surface area (Å²) in [4.78, 5) is 10.8. The van der Waals surface area contributed by atoms with Crippen LogP contribution in [0, 0.1) is 10.8 Å². The fourth-order valence-electron chi connectivity index (χ4n) is 1.52. The number of aromatic hydroxyl groups is 1. The molecule has 0 unspecified atom stereocenters. The summed E-state index contributed by atoms with van der Waals surface area (Å²) in [5, 5.41) is 9.50. The summed E-state index contributed by atoms with van der Waals surface area (Å²) in [5.41, 5.74) is 1.74. The van der Waals surface area contributed by atoms with Gasteiger partial charge in [-0.2, -0.15) is 0 Å². The lowest BCUT2D eigenvalue weighted by Gasteiger charge is -2.18. The first-order chi connectivity index (χ1) is 9.84. The Morgan fingerprint density at radius 1 is 1.09 bits per heavy atom. The molecule has 0 fully saturated rings. The zero-order chi connectivity index (χ0) is 17.6. The Labute approximate surface area is 135 Å². The van der Waals surface area contributed by atoms with Crippen LogP contribution in [0.5, 0.6) is 11.5 Å². The highest BCUT2D eigenvalue weighted by molar-refractivity contribution is 5.70. The number of hydrogen-bond acceptors (Lipinski definition) is 3. The van der Waals surface area contributed by atoms with Crippen LogP contribution in [0.1, 0.15) is 67.4 Å². The van der Waals surface area contributed by atoms with Crippen molar-refractivity contribution in [3.05, 3.63) is 23.8 Å². The van der Waals surface area contributed by atoms with Crippen LogP contribution in [-0.4, -0.2) is 11.1 Å². The fourth-order valence-corrected chi connectivity index (χ4v) is 1.52. The van der Waals surface area contributed by atoms with Gasteiger partial charge in [0.25, 0.3) is 0 Å². The lowest BCUT2D eigenvalue weighted by molar-refractivity contribution is -0.132. The number of esters is 1. The summed E-state index contributed by atoms with van der Waals surface area (Å²) in [6, 6.07) is 5.11. The highest BCUT2D eigenvalue weighted by atomic mass is 16.5. The normalized spacial score (nSPS) is 11.5. The number of ether oxygens (including phenoxy) is 1. The maximum atomic E-state index is 10.8. The molecule has 0 amide bonds. The molecular formula is C19H32O3. The molecule has 126 valence electrons. The van der Waals surface area contributed by atoms with Crippen LogP contribution in [-0.2, 0) is 11.2 Å². The van der Waals surface area contributed by atoms with Gasteiger partial charge >= 0.3 is 5.97 Å². The molecule has 1 N–H and O–H groups in total. The summed E-state index contributed by atoms with van der Waals surface area (Å²) < 4.78 is 4.91. The van der Waals surface area contributed by atoms with E-state index in [0.29, 0.717) is 5.41 Å². The summed E-state index contributed by atoms with van der Waals surface area (Å²) in [5.74, 6) is -0.203. The van der Waals surface area contributed by atoms with E-state index in [9.17, 15) is 9.90 Å². The second-order valence-electron chi connectivity index (χ2n) is 8.05. The highest BCUT2D eigenvalue weighted by Gasteiger charge is 2.13. The molecular weight excluding hydrogens is 276 g/mol. The first kappa shape index (κ1) is 20.5. The summed E-state index contributed by atoms with van der Waals surface area (Å²) >= 11 is 0. The van der Waals surface area contributed by atoms with E-state index in [1.807, 2.05) is 6.07 Å². The zero-order valence-electron chi connectivity index (χ0n) is 15.4. The number of benzene rings is 1. The van der Waals surface area contributed by atoms with Gasteiger partial charge in [0.2, 0.25) is 0 Å². The van der Waals surface area contributed by atoms with Crippen molar-refractivity contribution in [1.82, 2.24) is 0 Å². The molecule has 22 heavy (non-hydrogen) atoms. The molecule has 0 aliphatic rings. The topological polar surface area (TPSA) is 46.5 Å². The number of carbonyl (C=O) groups is 1. The second kappa shape index (κ2) is 8.21. The van der Waals surface area contributed by atoms with Gasteiger partial charge < -0.3 is 9.84 Å². The lowest BCUT2D eigenvalue weighted by Crippen LogP contribution is -2.09. The minimum atomic E-state index is -0.428. The van der Waals surface area contributed by atoms with Crippen molar-refractivity contribution in [2.45, 2.75) is 68.2 Å². The van der Waals surface area contributed by atoms with E-state index in [1.54, 1.807) is 12.1 Å². The Balaban J connectivity index is 0.000000626. The van der Waals surface area contributed by atoms with E-state index in [2.05, 4.69) is 48.5 Å². The molecule has 0 spiro atoms. The average Bonchev–Trinajstić information content (AvgIpc) is 2.31. The predicted octanol–water partition coefficient (Wildman–Crippen LogP) is 5.35. The van der Waals surface area contributed by atoms with Gasteiger partial charge in [0.15, 0.2) is 11.5 Å². The molecule has 3 nitrogen and oxygen atoms in total. The monoisotopic (exact) mass is 308 g/mol. The van der Waals surface area contributed by atoms with Crippen LogP contribution < -0.4 is 4.74 Å². The van der Waals surface area contributed by atoms with Crippen molar-refractivity contribution >= 4 is 5.97 Å². The van der Waals surface area contributed by atoms with Crippen molar-refractivity contribution in [2.75, 3.05) is 0 Å². The van der Waals surface area contributed by atoms with E-state index in [4.69, 9.17) is 4.74 Å². The Morgan fingerprint density at radius 2 is 1.59 bits per heavy atom. The number of rotatable bonds is 2. The molecule has 1 rings (SSSR count). The van der Waals surface area contributed by atoms with Gasteiger partial charge in [0.1, 0.15) is 0 Å². The minimum Gasteiger partial charge on any atom is -0.504 e. The third kappa shape index (κ3) is 10.3. The van der Waals surface area contributed by atoms with Crippen LogP contribution in [0.25, 0.3) is 0 Å². The van der Waals surface area contributed by atoms with Gasteiger partial charge in [-0.1, -0.05) is 61.0 Å². The Hall–Kier alpha value is -1.51. The maximum absolute atomic E-state index is 10.8. The van der Waals surface area contributed by atoms with Crippen LogP contribution in [0.4, 0.5) is 0 Å². The molecule has 0 aliphatic heterocycles. The van der Waals surface area contributed by atoms with Gasteiger partial charge in [0.05, 0.1) is 0 Å². The van der Waals surface area contributed by atoms with Crippen LogP contribution in [0.2, 0.25) is 0 Å². The van der Waals surface area contributed by atoms with E-state index in [1.165, 1.54) is 13.3 Å². The first-order valence-corrected chi connectivity index (χ1v) is 7.84. The third-order valence-electron chi connectivity index (χ3n) is 3.07. The first-order valence-electron chi connectivity index (χ1n) is 7.84. The van der Waals surface area contributed by atoms with E-state index in [-0.39, 0.29) is 16.9 Å². The number of hydrogen-bond donors (Lipinski definition) is 1. The quantitative estimate of drug-likeness (QED) is 0.592. The summed E-state index contributed by atoms with van der Waals surface area (Å²) in [6.45, 7) is 16.6. The van der Waals surface area contributed by atoms with Crippen LogP contribution in [0.15, 0.2) is 18.2 Å². The van der Waals surface area contributed by atoms with E-state index < -0.39 is 5.97 Å². The SMILES string of the molecule is CC(=O)Oc1cc(CC(C)(C)C)ccc1O.CCC(C)(C)C.